The molecule has 0 bridgehead atoms. The largest absolute Gasteiger partial charge is 0.472 e. The van der Waals surface area contributed by atoms with Crippen molar-refractivity contribution < 1.29 is 57.5 Å². The molecule has 8 N–H and O–H groups in total. The van der Waals surface area contributed by atoms with Gasteiger partial charge in [0.1, 0.15) is 53.7 Å². The molecule has 2 fully saturated rings. The number of H-pyrrole nitrogens is 1. The number of nitrogen functional groups attached to an aromatic ring is 1. The Hall–Kier alpha value is -2.89. The van der Waals surface area contributed by atoms with Crippen molar-refractivity contribution in [2.75, 3.05) is 24.9 Å². The van der Waals surface area contributed by atoms with E-state index < -0.39 is 83.6 Å². The maximum Gasteiger partial charge on any atom is 0.472 e. The van der Waals surface area contributed by atoms with E-state index in [1.165, 1.54) is 29.0 Å². The smallest absolute Gasteiger partial charge is 0.387 e. The normalized spacial score (nSPS) is 30.3. The zero-order valence-electron chi connectivity index (χ0n) is 23.3. The number of nitrogens with one attached hydrogen (secondary N) is 1. The summed E-state index contributed by atoms with van der Waals surface area (Å²) in [6, 6.07) is 0. The van der Waals surface area contributed by atoms with Crippen molar-refractivity contribution >= 4 is 55.9 Å². The molecule has 4 aromatic heterocycles. The molecule has 25 heteroatoms. The Balaban J connectivity index is 1.20. The average molecular weight is 708 g/mol. The van der Waals surface area contributed by atoms with E-state index in [2.05, 4.69) is 29.9 Å². The molecule has 2 aliphatic heterocycles. The molecule has 2 saturated heterocycles. The Morgan fingerprint density at radius 3 is 2.50 bits per heavy atom. The Morgan fingerprint density at radius 2 is 1.78 bits per heavy atom. The van der Waals surface area contributed by atoms with Gasteiger partial charge < -0.3 is 45.1 Å². The van der Waals surface area contributed by atoms with Gasteiger partial charge in [-0.15, -0.1) is 11.8 Å². The number of thioether (sulfide) groups is 1. The van der Waals surface area contributed by atoms with Gasteiger partial charge in [0.2, 0.25) is 14.0 Å². The number of anilines is 1. The molecule has 6 rings (SSSR count). The molecule has 2 unspecified atom stereocenters. The lowest BCUT2D eigenvalue weighted by molar-refractivity contribution is -0.166. The number of ether oxygens (including phenoxy) is 3. The predicted octanol–water partition coefficient (Wildman–Crippen LogP) is -1.96. The van der Waals surface area contributed by atoms with Gasteiger partial charge >= 0.3 is 7.82 Å². The van der Waals surface area contributed by atoms with Crippen LogP contribution in [0.1, 0.15) is 12.5 Å². The monoisotopic (exact) mass is 707 g/mol. The van der Waals surface area contributed by atoms with Crippen LogP contribution in [0.5, 0.6) is 0 Å². The zero-order chi connectivity index (χ0) is 32.9. The zero-order valence-corrected chi connectivity index (χ0v) is 26.0. The van der Waals surface area contributed by atoms with Crippen LogP contribution in [-0.4, -0.2) is 120 Å². The molecule has 0 aromatic carbocycles. The lowest BCUT2D eigenvalue weighted by Crippen LogP contribution is -2.36. The fourth-order valence-corrected chi connectivity index (χ4v) is 6.72. The second-order valence-corrected chi connectivity index (χ2v) is 13.2. The van der Waals surface area contributed by atoms with Crippen LogP contribution in [0.25, 0.3) is 22.3 Å². The van der Waals surface area contributed by atoms with Crippen molar-refractivity contribution in [1.29, 1.82) is 0 Å². The Morgan fingerprint density at radius 1 is 1.07 bits per heavy atom. The number of phosphoric ester groups is 1. The highest BCUT2D eigenvalue weighted by Gasteiger charge is 2.51. The van der Waals surface area contributed by atoms with Crippen molar-refractivity contribution in [1.82, 2.24) is 39.0 Å². The lowest BCUT2D eigenvalue weighted by Gasteiger charge is -2.24. The molecule has 0 radical (unpaired) electrons. The minimum absolute atomic E-state index is 0.151. The number of aliphatic hydroxyl groups excluding tert-OH is 3. The number of aliphatic hydroxyl groups is 3. The van der Waals surface area contributed by atoms with E-state index in [9.17, 15) is 39.0 Å². The van der Waals surface area contributed by atoms with Crippen molar-refractivity contribution in [3.8, 4) is 0 Å². The Bertz CT molecular complexity index is 1880. The molecule has 10 atom stereocenters. The third-order valence-electron chi connectivity index (χ3n) is 7.05. The number of nitrogens with two attached hydrogens (primary N) is 1. The van der Waals surface area contributed by atoms with Gasteiger partial charge in [-0.05, 0) is 6.26 Å². The number of hydrogen-bond acceptors (Lipinski definition) is 18. The number of nitrogens with zero attached hydrogens (tertiary/aromatic N) is 7. The molecular weight excluding hydrogens is 680 g/mol. The number of rotatable bonds is 11. The summed E-state index contributed by atoms with van der Waals surface area (Å²) < 4.78 is 53.7. The van der Waals surface area contributed by atoms with Gasteiger partial charge in [0.15, 0.2) is 35.6 Å². The van der Waals surface area contributed by atoms with Crippen molar-refractivity contribution in [3.05, 3.63) is 29.3 Å². The molecule has 250 valence electrons. The summed E-state index contributed by atoms with van der Waals surface area (Å²) in [7, 11) is -8.33. The van der Waals surface area contributed by atoms with Crippen LogP contribution in [-0.2, 0) is 32.4 Å². The summed E-state index contributed by atoms with van der Waals surface area (Å²) in [4.78, 5) is 54.8. The van der Waals surface area contributed by atoms with E-state index in [0.717, 1.165) is 10.9 Å². The molecule has 0 saturated carbocycles. The van der Waals surface area contributed by atoms with E-state index in [0.29, 0.717) is 16.2 Å². The summed E-state index contributed by atoms with van der Waals surface area (Å²) in [5, 5.41) is 32.8. The topological polar surface area (TPSA) is 315 Å². The van der Waals surface area contributed by atoms with Crippen molar-refractivity contribution in [3.63, 3.8) is 0 Å². The molecule has 46 heavy (non-hydrogen) atoms. The van der Waals surface area contributed by atoms with Crippen LogP contribution >= 0.6 is 27.6 Å². The number of phosphoric acid groups is 1. The van der Waals surface area contributed by atoms with E-state index >= 15 is 0 Å². The molecule has 0 aliphatic carbocycles. The second-order valence-electron chi connectivity index (χ2n) is 9.95. The number of hydrogen-bond donors (Lipinski definition) is 7. The minimum atomic E-state index is -5.15. The van der Waals surface area contributed by atoms with Crippen LogP contribution in [0.2, 0.25) is 0 Å². The minimum Gasteiger partial charge on any atom is -0.387 e. The van der Waals surface area contributed by atoms with Gasteiger partial charge in [0.25, 0.3) is 5.56 Å². The summed E-state index contributed by atoms with van der Waals surface area (Å²) in [6.45, 7) is -0.775. The number of aromatic amines is 1. The molecule has 22 nitrogen and oxygen atoms in total. The fraction of sp³-hybridized carbons (Fsp3) is 0.524. The molecule has 4 aromatic rings. The summed E-state index contributed by atoms with van der Waals surface area (Å²) in [5.74, 6) is -0.297. The quantitative estimate of drug-likeness (QED) is 0.0505. The van der Waals surface area contributed by atoms with Crippen LogP contribution in [0.4, 0.5) is 5.95 Å². The van der Waals surface area contributed by atoms with Crippen molar-refractivity contribution in [2.24, 2.45) is 0 Å². The van der Waals surface area contributed by atoms with Gasteiger partial charge in [-0.25, -0.2) is 24.5 Å². The molecule has 0 amide bonds. The average Bonchev–Trinajstić information content (AvgIpc) is 3.76. The first-order valence-electron chi connectivity index (χ1n) is 13.2. The highest BCUT2D eigenvalue weighted by Crippen LogP contribution is 2.50. The van der Waals surface area contributed by atoms with Crippen LogP contribution in [0, 0.1) is 0 Å². The standard InChI is InChI=1S/C21H27N9O13P2S/c1-46-17-9-14(23-3-24-17)29(5-26-9)18-11(32)10(31)7(41-18)2-40-45(37,38)43-13-12(33)20(39-6-44(35)36)42-19(13)30-4-25-8-15(30)27-21(22)28-16(8)34/h3-5,7,10-13,18-20,31-33,44H,2,6H2,1H3,(H,35,36)(H,37,38)(H3,22,27,28,34)/t7-,10+,11+,12-,13+,18-,19-,20+/m1/s1. The van der Waals surface area contributed by atoms with Crippen LogP contribution in [0.15, 0.2) is 28.8 Å². The van der Waals surface area contributed by atoms with Crippen LogP contribution in [0.3, 0.4) is 0 Å². The summed E-state index contributed by atoms with van der Waals surface area (Å²) in [5.41, 5.74) is 5.33. The van der Waals surface area contributed by atoms with Gasteiger partial charge in [-0.2, -0.15) is 4.98 Å². The van der Waals surface area contributed by atoms with Gasteiger partial charge in [0.05, 0.1) is 19.3 Å². The van der Waals surface area contributed by atoms with Gasteiger partial charge in [-0.1, -0.05) is 0 Å². The van der Waals surface area contributed by atoms with Gasteiger partial charge in [0, 0.05) is 0 Å². The SMILES string of the molecule is CSc1ncnc2c1ncn2[C@@H]1O[C@H](COP(=O)(O)O[C@H]2[C@@H](O)[C@@H](OC[PH](=O)O)O[C@H]2n2cnc3c(=O)[nH]c(N)nc32)[C@H](O)[C@@H]1O. The van der Waals surface area contributed by atoms with Crippen LogP contribution < -0.4 is 11.3 Å². The third kappa shape index (κ3) is 6.22. The number of aromatic nitrogens is 8. The highest BCUT2D eigenvalue weighted by atomic mass is 32.2. The maximum atomic E-state index is 13.1. The van der Waals surface area contributed by atoms with Gasteiger partial charge in [-0.3, -0.25) is 32.5 Å². The summed E-state index contributed by atoms with van der Waals surface area (Å²) >= 11 is 1.32. The van der Waals surface area contributed by atoms with E-state index in [1.807, 2.05) is 0 Å². The third-order valence-corrected chi connectivity index (χ3v) is 9.14. The summed E-state index contributed by atoms with van der Waals surface area (Å²) in [6.07, 6.45) is -7.74. The number of fused-ring (bicyclic) bond motifs is 2. The highest BCUT2D eigenvalue weighted by molar-refractivity contribution is 7.98. The van der Waals surface area contributed by atoms with E-state index in [4.69, 9.17) is 29.0 Å². The lowest BCUT2D eigenvalue weighted by atomic mass is 10.1. The van der Waals surface area contributed by atoms with E-state index in [-0.39, 0.29) is 17.1 Å². The molecule has 0 spiro atoms. The first kappa shape index (κ1) is 33.0. The first-order valence-corrected chi connectivity index (χ1v) is 17.4. The second kappa shape index (κ2) is 13.0. The Kier molecular flexibility index (Phi) is 9.30. The Labute approximate surface area is 261 Å². The molecule has 2 aliphatic rings. The fourth-order valence-electron chi connectivity index (χ4n) is 4.99. The molecular formula is C21H27N9O13P2S. The maximum absolute atomic E-state index is 13.1. The predicted molar refractivity (Wildman–Crippen MR) is 153 cm³/mol. The van der Waals surface area contributed by atoms with E-state index in [1.54, 1.807) is 6.26 Å². The number of imidazole rings is 2. The molecule has 6 heterocycles. The first-order chi connectivity index (χ1) is 21.9. The van der Waals surface area contributed by atoms with Crippen molar-refractivity contribution in [2.45, 2.75) is 54.3 Å².